The highest BCUT2D eigenvalue weighted by atomic mass is 16.6. The summed E-state index contributed by atoms with van der Waals surface area (Å²) in [7, 11) is 0. The van der Waals surface area contributed by atoms with Gasteiger partial charge in [0.15, 0.2) is 0 Å². The number of hydrogen-bond acceptors (Lipinski definition) is 3. The van der Waals surface area contributed by atoms with Crippen LogP contribution >= 0.6 is 0 Å². The molecule has 0 bridgehead atoms. The molecule has 1 rings (SSSR count). The van der Waals surface area contributed by atoms with Crippen molar-refractivity contribution in [2.75, 3.05) is 0 Å². The first-order chi connectivity index (χ1) is 4.61. The molecule has 1 saturated heterocycles. The molecule has 4 nitrogen and oxygen atoms in total. The molecule has 0 unspecified atom stereocenters. The summed E-state index contributed by atoms with van der Waals surface area (Å²) in [6.07, 6.45) is -0.704. The van der Waals surface area contributed by atoms with Gasteiger partial charge in [0.05, 0.1) is 6.42 Å². The summed E-state index contributed by atoms with van der Waals surface area (Å²) >= 11 is 0. The van der Waals surface area contributed by atoms with Crippen LogP contribution in [0.2, 0.25) is 0 Å². The Kier molecular flexibility index (Phi) is 1.61. The molecule has 0 aliphatic carbocycles. The second kappa shape index (κ2) is 2.28. The average molecular weight is 144 g/mol. The van der Waals surface area contributed by atoms with Crippen molar-refractivity contribution < 1.29 is 19.4 Å². The van der Waals surface area contributed by atoms with Crippen molar-refractivity contribution in [3.63, 3.8) is 0 Å². The van der Waals surface area contributed by atoms with Crippen molar-refractivity contribution in [1.29, 1.82) is 0 Å². The van der Waals surface area contributed by atoms with Crippen molar-refractivity contribution in [3.05, 3.63) is 0 Å². The lowest BCUT2D eigenvalue weighted by atomic mass is 10.0. The molecule has 1 fully saturated rings. The van der Waals surface area contributed by atoms with E-state index in [9.17, 15) is 9.59 Å². The van der Waals surface area contributed by atoms with Crippen LogP contribution in [0.25, 0.3) is 0 Å². The van der Waals surface area contributed by atoms with Crippen molar-refractivity contribution in [2.24, 2.45) is 5.92 Å². The predicted octanol–water partition coefficient (Wildman–Crippen LogP) is 0.0226. The molecule has 0 aromatic rings. The van der Waals surface area contributed by atoms with E-state index in [0.717, 1.165) is 0 Å². The molecular formula is C6H8O4. The maximum Gasteiger partial charge on any atom is 0.345 e. The largest absolute Gasteiger partial charge is 0.478 e. The second-order valence-corrected chi connectivity index (χ2v) is 2.43. The topological polar surface area (TPSA) is 63.6 Å². The summed E-state index contributed by atoms with van der Waals surface area (Å²) in [4.78, 5) is 20.8. The van der Waals surface area contributed by atoms with E-state index in [1.165, 1.54) is 0 Å². The standard InChI is InChI=1S/C6H8O4/c1-3-2-4(7)10-5(3)6(8)9/h3,5H,2H2,1H3,(H,8,9)/t3-,5-/m0/s1. The molecule has 0 amide bonds. The lowest BCUT2D eigenvalue weighted by Crippen LogP contribution is -2.24. The Morgan fingerprint density at radius 3 is 2.60 bits per heavy atom. The summed E-state index contributed by atoms with van der Waals surface area (Å²) in [5.74, 6) is -1.66. The third-order valence-corrected chi connectivity index (χ3v) is 1.51. The zero-order valence-corrected chi connectivity index (χ0v) is 5.53. The Bertz CT molecular complexity index is 175. The summed E-state index contributed by atoms with van der Waals surface area (Å²) < 4.78 is 4.50. The van der Waals surface area contributed by atoms with Crippen LogP contribution < -0.4 is 0 Å². The molecular weight excluding hydrogens is 136 g/mol. The third-order valence-electron chi connectivity index (χ3n) is 1.51. The highest BCUT2D eigenvalue weighted by Gasteiger charge is 2.36. The number of cyclic esters (lactones) is 1. The number of carboxylic acid groups (broad SMARTS) is 1. The maximum absolute atomic E-state index is 10.5. The summed E-state index contributed by atoms with van der Waals surface area (Å²) in [6.45, 7) is 1.68. The number of hydrogen-bond donors (Lipinski definition) is 1. The van der Waals surface area contributed by atoms with E-state index in [4.69, 9.17) is 5.11 Å². The first kappa shape index (κ1) is 7.05. The van der Waals surface area contributed by atoms with Gasteiger partial charge in [-0.1, -0.05) is 6.92 Å². The molecule has 56 valence electrons. The van der Waals surface area contributed by atoms with E-state index < -0.39 is 18.0 Å². The fourth-order valence-electron chi connectivity index (χ4n) is 0.970. The number of carboxylic acids is 1. The Morgan fingerprint density at radius 1 is 1.80 bits per heavy atom. The van der Waals surface area contributed by atoms with Crippen LogP contribution in [0.1, 0.15) is 13.3 Å². The molecule has 2 atom stereocenters. The van der Waals surface area contributed by atoms with Gasteiger partial charge in [-0.3, -0.25) is 4.79 Å². The molecule has 0 saturated carbocycles. The minimum Gasteiger partial charge on any atom is -0.478 e. The van der Waals surface area contributed by atoms with Crippen LogP contribution in [0.3, 0.4) is 0 Å². The van der Waals surface area contributed by atoms with Gasteiger partial charge in [-0.2, -0.15) is 0 Å². The van der Waals surface area contributed by atoms with Gasteiger partial charge in [-0.25, -0.2) is 4.79 Å². The Labute approximate surface area is 57.8 Å². The van der Waals surface area contributed by atoms with Crippen molar-refractivity contribution in [1.82, 2.24) is 0 Å². The Morgan fingerprint density at radius 2 is 2.40 bits per heavy atom. The van der Waals surface area contributed by atoms with Crippen molar-refractivity contribution in [3.8, 4) is 0 Å². The van der Waals surface area contributed by atoms with E-state index in [2.05, 4.69) is 4.74 Å². The molecule has 4 heteroatoms. The predicted molar refractivity (Wildman–Crippen MR) is 31.3 cm³/mol. The van der Waals surface area contributed by atoms with Crippen LogP contribution in [-0.2, 0) is 14.3 Å². The van der Waals surface area contributed by atoms with E-state index in [-0.39, 0.29) is 12.3 Å². The second-order valence-electron chi connectivity index (χ2n) is 2.43. The zero-order valence-electron chi connectivity index (χ0n) is 5.53. The van der Waals surface area contributed by atoms with Gasteiger partial charge in [-0.15, -0.1) is 0 Å². The van der Waals surface area contributed by atoms with Gasteiger partial charge in [0, 0.05) is 5.92 Å². The number of carbonyl (C=O) groups excluding carboxylic acids is 1. The number of esters is 1. The molecule has 0 radical (unpaired) electrons. The number of aliphatic carboxylic acids is 1. The molecule has 0 aromatic carbocycles. The van der Waals surface area contributed by atoms with Crippen LogP contribution in [0.4, 0.5) is 0 Å². The SMILES string of the molecule is C[C@H]1CC(=O)O[C@@H]1C(=O)O. The van der Waals surface area contributed by atoms with E-state index in [0.29, 0.717) is 0 Å². The van der Waals surface area contributed by atoms with Gasteiger partial charge in [0.1, 0.15) is 0 Å². The minimum absolute atomic E-state index is 0.190. The molecule has 10 heavy (non-hydrogen) atoms. The van der Waals surface area contributed by atoms with Crippen LogP contribution in [0.5, 0.6) is 0 Å². The first-order valence-electron chi connectivity index (χ1n) is 3.03. The molecule has 0 aromatic heterocycles. The number of carbonyl (C=O) groups is 2. The van der Waals surface area contributed by atoms with Gasteiger partial charge in [-0.05, 0) is 0 Å². The van der Waals surface area contributed by atoms with E-state index in [1.807, 2.05) is 0 Å². The maximum atomic E-state index is 10.5. The quantitative estimate of drug-likeness (QED) is 0.527. The van der Waals surface area contributed by atoms with Crippen molar-refractivity contribution >= 4 is 11.9 Å². The summed E-state index contributed by atoms with van der Waals surface area (Å²) in [5.41, 5.74) is 0. The monoisotopic (exact) mass is 144 g/mol. The van der Waals surface area contributed by atoms with E-state index in [1.54, 1.807) is 6.92 Å². The molecule has 1 N–H and O–H groups in total. The lowest BCUT2D eigenvalue weighted by molar-refractivity contribution is -0.157. The highest BCUT2D eigenvalue weighted by molar-refractivity contribution is 5.82. The summed E-state index contributed by atoms with van der Waals surface area (Å²) in [6, 6.07) is 0. The van der Waals surface area contributed by atoms with E-state index >= 15 is 0 Å². The van der Waals surface area contributed by atoms with Gasteiger partial charge >= 0.3 is 11.9 Å². The Hall–Kier alpha value is -1.06. The average Bonchev–Trinajstić information content (AvgIpc) is 2.10. The van der Waals surface area contributed by atoms with Gasteiger partial charge < -0.3 is 9.84 Å². The highest BCUT2D eigenvalue weighted by Crippen LogP contribution is 2.20. The van der Waals surface area contributed by atoms with Crippen LogP contribution in [-0.4, -0.2) is 23.1 Å². The normalized spacial score (nSPS) is 31.9. The number of ether oxygens (including phenoxy) is 1. The molecule has 1 aliphatic heterocycles. The molecule has 1 aliphatic rings. The van der Waals surface area contributed by atoms with Crippen molar-refractivity contribution in [2.45, 2.75) is 19.4 Å². The first-order valence-corrected chi connectivity index (χ1v) is 3.03. The zero-order chi connectivity index (χ0) is 7.72. The molecule has 0 spiro atoms. The minimum atomic E-state index is -1.06. The smallest absolute Gasteiger partial charge is 0.345 e. The van der Waals surface area contributed by atoms with Crippen LogP contribution in [0.15, 0.2) is 0 Å². The molecule has 1 heterocycles. The van der Waals surface area contributed by atoms with Crippen LogP contribution in [0, 0.1) is 5.92 Å². The fraction of sp³-hybridized carbons (Fsp3) is 0.667. The fourth-order valence-corrected chi connectivity index (χ4v) is 0.970. The van der Waals surface area contributed by atoms with Gasteiger partial charge in [0.2, 0.25) is 6.10 Å². The van der Waals surface area contributed by atoms with Gasteiger partial charge in [0.25, 0.3) is 0 Å². The number of rotatable bonds is 1. The third kappa shape index (κ3) is 1.10. The Balaban J connectivity index is 2.63. The lowest BCUT2D eigenvalue weighted by Gasteiger charge is -2.05. The summed E-state index contributed by atoms with van der Waals surface area (Å²) in [5, 5.41) is 8.42.